The number of hydrogen-bond acceptors (Lipinski definition) is 6. The lowest BCUT2D eigenvalue weighted by molar-refractivity contribution is -0.286. The molecule has 1 aromatic carbocycles. The summed E-state index contributed by atoms with van der Waals surface area (Å²) in [6.45, 7) is 6.26. The maximum absolute atomic E-state index is 13.3. The van der Waals surface area contributed by atoms with Crippen LogP contribution in [0.5, 0.6) is 11.5 Å². The van der Waals surface area contributed by atoms with Crippen molar-refractivity contribution in [2.24, 2.45) is 0 Å². The number of fused-ring (bicyclic) bond motifs is 1. The fraction of sp³-hybridized carbons (Fsp3) is 0.529. The highest BCUT2D eigenvalue weighted by Crippen LogP contribution is 2.46. The summed E-state index contributed by atoms with van der Waals surface area (Å²) in [5, 5.41) is 2.77. The molecule has 0 radical (unpaired) electrons. The molecule has 1 saturated heterocycles. The number of benzene rings is 1. The van der Waals surface area contributed by atoms with E-state index in [1.54, 1.807) is 20.8 Å². The Morgan fingerprint density at radius 2 is 2.12 bits per heavy atom. The first-order valence-corrected chi connectivity index (χ1v) is 8.20. The number of rotatable bonds is 3. The summed E-state index contributed by atoms with van der Waals surface area (Å²) in [6, 6.07) is 2.69. The molecule has 0 unspecified atom stereocenters. The first kappa shape index (κ1) is 18.2. The van der Waals surface area contributed by atoms with Crippen LogP contribution in [0.3, 0.4) is 0 Å². The second-order valence-electron chi connectivity index (χ2n) is 7.19. The number of nitrogens with zero attached hydrogens (tertiary/aromatic N) is 1. The maximum atomic E-state index is 13.3. The minimum Gasteiger partial charge on any atom is -0.444 e. The predicted molar refractivity (Wildman–Crippen MR) is 88.0 cm³/mol. The quantitative estimate of drug-likeness (QED) is 0.825. The molecule has 1 fully saturated rings. The molecule has 142 valence electrons. The number of ether oxygens (including phenoxy) is 3. The number of halogens is 2. The van der Waals surface area contributed by atoms with Crippen molar-refractivity contribution in [3.8, 4) is 11.5 Å². The molecular weight excluding hydrogens is 350 g/mol. The van der Waals surface area contributed by atoms with E-state index in [-0.39, 0.29) is 23.1 Å². The molecule has 7 nitrogen and oxygen atoms in total. The maximum Gasteiger partial charge on any atom is 0.586 e. The number of amides is 1. The zero-order valence-electron chi connectivity index (χ0n) is 14.7. The minimum atomic E-state index is -3.79. The van der Waals surface area contributed by atoms with E-state index in [0.29, 0.717) is 31.5 Å². The fourth-order valence-electron chi connectivity index (χ4n) is 2.98. The second kappa shape index (κ2) is 6.30. The summed E-state index contributed by atoms with van der Waals surface area (Å²) < 4.78 is 40.6. The topological polar surface area (TPSA) is 77.1 Å². The van der Waals surface area contributed by atoms with Gasteiger partial charge >= 0.3 is 12.4 Å². The van der Waals surface area contributed by atoms with Crippen molar-refractivity contribution in [3.05, 3.63) is 17.7 Å². The standard InChI is InChI=1S/C17H20F2N2O5/c1-16(2,3)26-15(23)20-10-6-7-21(8-10)12-4-5-13-14(11(12)9-22)25-17(18,19)24-13/h4-5,9-10H,6-8H2,1-3H3,(H,20,23)/t10-/m1/s1. The van der Waals surface area contributed by atoms with Crippen LogP contribution in [0.4, 0.5) is 19.3 Å². The largest absolute Gasteiger partial charge is 0.586 e. The molecule has 2 heterocycles. The molecule has 9 heteroatoms. The van der Waals surface area contributed by atoms with Gasteiger partial charge in [-0.2, -0.15) is 0 Å². The van der Waals surface area contributed by atoms with Crippen molar-refractivity contribution in [3.63, 3.8) is 0 Å². The molecule has 1 aromatic rings. The SMILES string of the molecule is CC(C)(C)OC(=O)N[C@@H]1CCN(c2ccc3c(c2C=O)OC(F)(F)O3)C1. The van der Waals surface area contributed by atoms with Crippen molar-refractivity contribution < 1.29 is 32.6 Å². The van der Waals surface area contributed by atoms with Gasteiger partial charge in [-0.15, -0.1) is 8.78 Å². The molecule has 0 spiro atoms. The Morgan fingerprint density at radius 3 is 2.77 bits per heavy atom. The van der Waals surface area contributed by atoms with Gasteiger partial charge in [0.05, 0.1) is 17.3 Å². The number of hydrogen-bond donors (Lipinski definition) is 1. The Labute approximate surface area is 149 Å². The van der Waals surface area contributed by atoms with Gasteiger partial charge in [0.1, 0.15) is 5.60 Å². The van der Waals surface area contributed by atoms with E-state index in [0.717, 1.165) is 0 Å². The van der Waals surface area contributed by atoms with Crippen molar-refractivity contribution in [1.82, 2.24) is 5.32 Å². The Kier molecular flexibility index (Phi) is 4.41. The Bertz CT molecular complexity index is 733. The number of alkyl carbamates (subject to hydrolysis) is 1. The lowest BCUT2D eigenvalue weighted by Crippen LogP contribution is -2.40. The van der Waals surface area contributed by atoms with Crippen LogP contribution in [0.25, 0.3) is 0 Å². The predicted octanol–water partition coefficient (Wildman–Crippen LogP) is 2.92. The van der Waals surface area contributed by atoms with Gasteiger partial charge in [-0.1, -0.05) is 0 Å². The smallest absolute Gasteiger partial charge is 0.444 e. The van der Waals surface area contributed by atoms with Gasteiger partial charge in [-0.05, 0) is 39.3 Å². The molecule has 0 saturated carbocycles. The highest BCUT2D eigenvalue weighted by molar-refractivity contribution is 5.90. The lowest BCUT2D eigenvalue weighted by atomic mass is 10.1. The molecule has 0 aliphatic carbocycles. The number of anilines is 1. The number of aldehydes is 1. The molecule has 1 N–H and O–H groups in total. The van der Waals surface area contributed by atoms with Crippen LogP contribution in [0.2, 0.25) is 0 Å². The molecule has 0 aromatic heterocycles. The van der Waals surface area contributed by atoms with Crippen LogP contribution in [0.1, 0.15) is 37.6 Å². The molecule has 2 aliphatic heterocycles. The van der Waals surface area contributed by atoms with E-state index in [4.69, 9.17) is 4.74 Å². The number of carbonyl (C=O) groups is 2. The average Bonchev–Trinajstić information content (AvgIpc) is 3.06. The summed E-state index contributed by atoms with van der Waals surface area (Å²) in [6.07, 6.45) is -3.22. The Hall–Kier alpha value is -2.58. The van der Waals surface area contributed by atoms with Crippen LogP contribution < -0.4 is 19.7 Å². The molecule has 1 amide bonds. The van der Waals surface area contributed by atoms with Crippen LogP contribution in [-0.2, 0) is 4.74 Å². The third-order valence-corrected chi connectivity index (χ3v) is 3.95. The van der Waals surface area contributed by atoms with E-state index in [1.165, 1.54) is 12.1 Å². The molecule has 2 aliphatic rings. The number of carbonyl (C=O) groups excluding carboxylic acids is 2. The molecule has 1 atom stereocenters. The van der Waals surface area contributed by atoms with Gasteiger partial charge in [0.15, 0.2) is 17.8 Å². The van der Waals surface area contributed by atoms with Crippen LogP contribution in [0.15, 0.2) is 12.1 Å². The minimum absolute atomic E-state index is 0.00223. The van der Waals surface area contributed by atoms with Crippen molar-refractivity contribution >= 4 is 18.1 Å². The lowest BCUT2D eigenvalue weighted by Gasteiger charge is -2.23. The first-order chi connectivity index (χ1) is 12.1. The zero-order valence-corrected chi connectivity index (χ0v) is 14.7. The highest BCUT2D eigenvalue weighted by Gasteiger charge is 2.45. The average molecular weight is 370 g/mol. The summed E-state index contributed by atoms with van der Waals surface area (Å²) in [5.41, 5.74) is -0.151. The van der Waals surface area contributed by atoms with Gasteiger partial charge < -0.3 is 24.4 Å². The molecule has 3 rings (SSSR count). The summed E-state index contributed by atoms with van der Waals surface area (Å²) >= 11 is 0. The van der Waals surface area contributed by atoms with E-state index >= 15 is 0 Å². The van der Waals surface area contributed by atoms with Crippen LogP contribution in [0, 0.1) is 0 Å². The zero-order chi connectivity index (χ0) is 19.1. The molecule has 26 heavy (non-hydrogen) atoms. The normalized spacial score (nSPS) is 20.8. The van der Waals surface area contributed by atoms with E-state index in [1.807, 2.05) is 4.90 Å². The van der Waals surface area contributed by atoms with Crippen LogP contribution >= 0.6 is 0 Å². The van der Waals surface area contributed by atoms with E-state index in [9.17, 15) is 18.4 Å². The number of alkyl halides is 2. The van der Waals surface area contributed by atoms with Gasteiger partial charge in [-0.3, -0.25) is 4.79 Å². The third kappa shape index (κ3) is 3.81. The Balaban J connectivity index is 1.72. The van der Waals surface area contributed by atoms with E-state index in [2.05, 4.69) is 14.8 Å². The van der Waals surface area contributed by atoms with Gasteiger partial charge in [0.25, 0.3) is 0 Å². The fourth-order valence-corrected chi connectivity index (χ4v) is 2.98. The van der Waals surface area contributed by atoms with Gasteiger partial charge in [0, 0.05) is 13.1 Å². The van der Waals surface area contributed by atoms with Crippen molar-refractivity contribution in [2.75, 3.05) is 18.0 Å². The second-order valence-corrected chi connectivity index (χ2v) is 7.19. The monoisotopic (exact) mass is 370 g/mol. The Morgan fingerprint density at radius 1 is 1.38 bits per heavy atom. The molecular formula is C17H20F2N2O5. The van der Waals surface area contributed by atoms with Crippen molar-refractivity contribution in [1.29, 1.82) is 0 Å². The van der Waals surface area contributed by atoms with Crippen LogP contribution in [-0.4, -0.2) is 43.4 Å². The molecule has 0 bridgehead atoms. The van der Waals surface area contributed by atoms with Crippen molar-refractivity contribution in [2.45, 2.75) is 45.1 Å². The summed E-state index contributed by atoms with van der Waals surface area (Å²) in [7, 11) is 0. The highest BCUT2D eigenvalue weighted by atomic mass is 19.3. The third-order valence-electron chi connectivity index (χ3n) is 3.95. The summed E-state index contributed by atoms with van der Waals surface area (Å²) in [4.78, 5) is 25.2. The van der Waals surface area contributed by atoms with Gasteiger partial charge in [0.2, 0.25) is 0 Å². The first-order valence-electron chi connectivity index (χ1n) is 8.20. The van der Waals surface area contributed by atoms with E-state index < -0.39 is 18.0 Å². The summed E-state index contributed by atoms with van der Waals surface area (Å²) in [5.74, 6) is -0.450. The number of nitrogens with one attached hydrogen (secondary N) is 1. The van der Waals surface area contributed by atoms with Gasteiger partial charge in [-0.25, -0.2) is 4.79 Å².